The summed E-state index contributed by atoms with van der Waals surface area (Å²) in [5, 5.41) is 4.23. The second kappa shape index (κ2) is 5.08. The molecule has 0 saturated heterocycles. The molecule has 4 nitrogen and oxygen atoms in total. The van der Waals surface area contributed by atoms with Gasteiger partial charge in [0.25, 0.3) is 0 Å². The summed E-state index contributed by atoms with van der Waals surface area (Å²) in [5.41, 5.74) is 0. The van der Waals surface area contributed by atoms with Gasteiger partial charge in [-0.2, -0.15) is 0 Å². The lowest BCUT2D eigenvalue weighted by Crippen LogP contribution is -2.35. The van der Waals surface area contributed by atoms with Gasteiger partial charge in [-0.1, -0.05) is 7.43 Å². The zero-order valence-electron chi connectivity index (χ0n) is 4.82. The van der Waals surface area contributed by atoms with Crippen LogP contribution in [-0.2, 0) is 4.79 Å². The van der Waals surface area contributed by atoms with Gasteiger partial charge < -0.3 is 5.32 Å². The van der Waals surface area contributed by atoms with Crippen LogP contribution in [0.25, 0.3) is 0 Å². The van der Waals surface area contributed by atoms with Crippen LogP contribution in [0.1, 0.15) is 14.4 Å². The van der Waals surface area contributed by atoms with E-state index in [1.807, 2.05) is 5.32 Å². The molecule has 4 heteroatoms. The average molecular weight is 132 g/mol. The number of hydrogen-bond acceptors (Lipinski definition) is 2. The summed E-state index contributed by atoms with van der Waals surface area (Å²) in [7, 11) is 1.44. The van der Waals surface area contributed by atoms with E-state index in [1.165, 1.54) is 14.0 Å². The van der Waals surface area contributed by atoms with Crippen molar-refractivity contribution in [3.05, 3.63) is 0 Å². The summed E-state index contributed by atoms with van der Waals surface area (Å²) in [4.78, 5) is 20.2. The molecule has 0 fully saturated rings. The molecule has 3 amide bonds. The lowest BCUT2D eigenvalue weighted by Gasteiger charge is -1.95. The number of rotatable bonds is 0. The van der Waals surface area contributed by atoms with Crippen molar-refractivity contribution in [2.75, 3.05) is 7.05 Å². The molecule has 9 heavy (non-hydrogen) atoms. The molecule has 0 atom stereocenters. The summed E-state index contributed by atoms with van der Waals surface area (Å²) < 4.78 is 0. The first kappa shape index (κ1) is 10.8. The third kappa shape index (κ3) is 6.94. The van der Waals surface area contributed by atoms with Gasteiger partial charge in [0.1, 0.15) is 0 Å². The number of amides is 3. The van der Waals surface area contributed by atoms with Crippen molar-refractivity contribution in [2.45, 2.75) is 14.4 Å². The number of nitrogens with one attached hydrogen (secondary N) is 2. The Morgan fingerprint density at radius 3 is 1.89 bits per heavy atom. The molecule has 0 aliphatic rings. The SMILES string of the molecule is C.CNC(=O)NC(C)=O. The van der Waals surface area contributed by atoms with Crippen molar-refractivity contribution < 1.29 is 9.59 Å². The Bertz CT molecular complexity index is 112. The highest BCUT2D eigenvalue weighted by molar-refractivity contribution is 5.92. The molecule has 0 aliphatic carbocycles. The Morgan fingerprint density at radius 1 is 1.33 bits per heavy atom. The molecule has 0 aromatic carbocycles. The topological polar surface area (TPSA) is 58.2 Å². The van der Waals surface area contributed by atoms with E-state index in [2.05, 4.69) is 5.32 Å². The molecule has 0 unspecified atom stereocenters. The van der Waals surface area contributed by atoms with Crippen LogP contribution in [-0.4, -0.2) is 19.0 Å². The van der Waals surface area contributed by atoms with Crippen molar-refractivity contribution >= 4 is 11.9 Å². The molecule has 0 aromatic rings. The molecular formula is C5H12N2O2. The largest absolute Gasteiger partial charge is 0.341 e. The monoisotopic (exact) mass is 132 g/mol. The minimum Gasteiger partial charge on any atom is -0.341 e. The van der Waals surface area contributed by atoms with Gasteiger partial charge in [-0.3, -0.25) is 10.1 Å². The van der Waals surface area contributed by atoms with E-state index in [9.17, 15) is 9.59 Å². The summed E-state index contributed by atoms with van der Waals surface area (Å²) in [6.07, 6.45) is 0. The first-order chi connectivity index (χ1) is 3.66. The normalized spacial score (nSPS) is 6.89. The smallest absolute Gasteiger partial charge is 0.321 e. The lowest BCUT2D eigenvalue weighted by atomic mass is 10.7. The van der Waals surface area contributed by atoms with Gasteiger partial charge in [0.05, 0.1) is 0 Å². The molecule has 54 valence electrons. The molecule has 0 saturated carbocycles. The Kier molecular flexibility index (Phi) is 6.12. The Morgan fingerprint density at radius 2 is 1.78 bits per heavy atom. The highest BCUT2D eigenvalue weighted by atomic mass is 16.2. The number of imide groups is 1. The molecule has 0 radical (unpaired) electrons. The van der Waals surface area contributed by atoms with Crippen LogP contribution in [0, 0.1) is 0 Å². The van der Waals surface area contributed by atoms with Crippen molar-refractivity contribution in [1.29, 1.82) is 0 Å². The van der Waals surface area contributed by atoms with Gasteiger partial charge in [0, 0.05) is 14.0 Å². The first-order valence-corrected chi connectivity index (χ1v) is 2.16. The Balaban J connectivity index is 0. The fraction of sp³-hybridized carbons (Fsp3) is 0.600. The highest BCUT2D eigenvalue weighted by Gasteiger charge is 1.95. The maximum Gasteiger partial charge on any atom is 0.321 e. The van der Waals surface area contributed by atoms with Gasteiger partial charge in [-0.15, -0.1) is 0 Å². The maximum atomic E-state index is 10.2. The number of hydrogen-bond donors (Lipinski definition) is 2. The zero-order valence-corrected chi connectivity index (χ0v) is 4.82. The summed E-state index contributed by atoms with van der Waals surface area (Å²) >= 11 is 0. The predicted molar refractivity (Wildman–Crippen MR) is 35.0 cm³/mol. The standard InChI is InChI=1S/C4H8N2O2.CH4/c1-3(7)6-4(8)5-2;/h1-2H3,(H2,5,6,7,8);1H4. The molecule has 0 aliphatic heterocycles. The third-order valence-corrected chi connectivity index (χ3v) is 0.517. The minimum absolute atomic E-state index is 0. The summed E-state index contributed by atoms with van der Waals surface area (Å²) in [5.74, 6) is -0.357. The van der Waals surface area contributed by atoms with Crippen LogP contribution in [0.5, 0.6) is 0 Å². The molecule has 0 heterocycles. The molecular weight excluding hydrogens is 120 g/mol. The van der Waals surface area contributed by atoms with Crippen LogP contribution >= 0.6 is 0 Å². The van der Waals surface area contributed by atoms with E-state index in [4.69, 9.17) is 0 Å². The van der Waals surface area contributed by atoms with Gasteiger partial charge in [-0.05, 0) is 0 Å². The molecule has 0 aromatic heterocycles. The van der Waals surface area contributed by atoms with E-state index in [-0.39, 0.29) is 13.3 Å². The number of carbonyl (C=O) groups excluding carboxylic acids is 2. The second-order valence-electron chi connectivity index (χ2n) is 1.26. The minimum atomic E-state index is -0.475. The summed E-state index contributed by atoms with van der Waals surface area (Å²) in [6, 6.07) is -0.475. The van der Waals surface area contributed by atoms with Crippen LogP contribution in [0.15, 0.2) is 0 Å². The first-order valence-electron chi connectivity index (χ1n) is 2.16. The van der Waals surface area contributed by atoms with Crippen molar-refractivity contribution in [3.63, 3.8) is 0 Å². The second-order valence-corrected chi connectivity index (χ2v) is 1.26. The zero-order chi connectivity index (χ0) is 6.57. The van der Waals surface area contributed by atoms with E-state index in [0.717, 1.165) is 0 Å². The molecule has 0 spiro atoms. The van der Waals surface area contributed by atoms with Gasteiger partial charge >= 0.3 is 6.03 Å². The van der Waals surface area contributed by atoms with Crippen LogP contribution < -0.4 is 10.6 Å². The fourth-order valence-electron chi connectivity index (χ4n) is 0.222. The number of carbonyl (C=O) groups is 2. The Hall–Kier alpha value is -1.06. The third-order valence-electron chi connectivity index (χ3n) is 0.517. The fourth-order valence-corrected chi connectivity index (χ4v) is 0.222. The average Bonchev–Trinajstić information content (AvgIpc) is 1.65. The van der Waals surface area contributed by atoms with Gasteiger partial charge in [0.2, 0.25) is 5.91 Å². The molecule has 0 bridgehead atoms. The van der Waals surface area contributed by atoms with Gasteiger partial charge in [0.15, 0.2) is 0 Å². The quantitative estimate of drug-likeness (QED) is 0.491. The summed E-state index contributed by atoms with van der Waals surface area (Å²) in [6.45, 7) is 1.27. The van der Waals surface area contributed by atoms with E-state index in [0.29, 0.717) is 0 Å². The van der Waals surface area contributed by atoms with E-state index >= 15 is 0 Å². The van der Waals surface area contributed by atoms with Crippen molar-refractivity contribution in [2.24, 2.45) is 0 Å². The van der Waals surface area contributed by atoms with Crippen LogP contribution in [0.3, 0.4) is 0 Å². The van der Waals surface area contributed by atoms with Crippen LogP contribution in [0.2, 0.25) is 0 Å². The van der Waals surface area contributed by atoms with Crippen molar-refractivity contribution in [1.82, 2.24) is 10.6 Å². The van der Waals surface area contributed by atoms with E-state index < -0.39 is 6.03 Å². The highest BCUT2D eigenvalue weighted by Crippen LogP contribution is 1.60. The lowest BCUT2D eigenvalue weighted by molar-refractivity contribution is -0.117. The van der Waals surface area contributed by atoms with Crippen LogP contribution in [0.4, 0.5) is 4.79 Å². The number of urea groups is 1. The predicted octanol–water partition coefficient (Wildman–Crippen LogP) is 0.0980. The Labute approximate surface area is 54.6 Å². The molecule has 2 N–H and O–H groups in total. The van der Waals surface area contributed by atoms with Gasteiger partial charge in [-0.25, -0.2) is 4.79 Å². The van der Waals surface area contributed by atoms with Crippen molar-refractivity contribution in [3.8, 4) is 0 Å². The molecule has 0 rings (SSSR count). The maximum absolute atomic E-state index is 10.2. The van der Waals surface area contributed by atoms with E-state index in [1.54, 1.807) is 0 Å².